The van der Waals surface area contributed by atoms with Gasteiger partial charge in [0.2, 0.25) is 0 Å². The standard InChI is InChI=1S/C18H37NO2S/c1-3-5-7-9-15-22-16-18(10-8-6-4-2)21-17-19-11-13-20-14-12-19/h18H,3-17H2,1-2H3. The Labute approximate surface area is 142 Å². The van der Waals surface area contributed by atoms with Crippen molar-refractivity contribution in [3.63, 3.8) is 0 Å². The van der Waals surface area contributed by atoms with Crippen LogP contribution in [0, 0.1) is 0 Å². The SMILES string of the molecule is CCCCCCSCC(CCCCC)OCN1CCOCC1. The summed E-state index contributed by atoms with van der Waals surface area (Å²) in [6.45, 7) is 9.09. The van der Waals surface area contributed by atoms with Crippen molar-refractivity contribution in [2.24, 2.45) is 0 Å². The first-order valence-corrected chi connectivity index (χ1v) is 10.5. The third kappa shape index (κ3) is 10.9. The maximum Gasteiger partial charge on any atom is 0.0995 e. The van der Waals surface area contributed by atoms with Crippen LogP contribution in [0.25, 0.3) is 0 Å². The highest BCUT2D eigenvalue weighted by molar-refractivity contribution is 7.99. The first-order chi connectivity index (χ1) is 10.9. The number of hydrogen-bond acceptors (Lipinski definition) is 4. The van der Waals surface area contributed by atoms with Gasteiger partial charge in [0, 0.05) is 18.8 Å². The fourth-order valence-corrected chi connectivity index (χ4v) is 3.72. The minimum Gasteiger partial charge on any atom is -0.379 e. The topological polar surface area (TPSA) is 21.7 Å². The van der Waals surface area contributed by atoms with Crippen molar-refractivity contribution < 1.29 is 9.47 Å². The molecule has 1 fully saturated rings. The molecule has 0 aromatic heterocycles. The minimum atomic E-state index is 0.436. The van der Waals surface area contributed by atoms with Gasteiger partial charge in [-0.1, -0.05) is 52.4 Å². The molecule has 1 rings (SSSR count). The van der Waals surface area contributed by atoms with Gasteiger partial charge in [-0.3, -0.25) is 4.90 Å². The molecule has 0 aromatic carbocycles. The van der Waals surface area contributed by atoms with E-state index in [4.69, 9.17) is 9.47 Å². The zero-order chi connectivity index (χ0) is 15.9. The maximum absolute atomic E-state index is 6.21. The average Bonchev–Trinajstić information content (AvgIpc) is 2.56. The summed E-state index contributed by atoms with van der Waals surface area (Å²) in [6.07, 6.45) is 11.0. The molecule has 0 bridgehead atoms. The molecule has 0 N–H and O–H groups in total. The van der Waals surface area contributed by atoms with Crippen molar-refractivity contribution in [1.82, 2.24) is 4.90 Å². The quantitative estimate of drug-likeness (QED) is 0.435. The summed E-state index contributed by atoms with van der Waals surface area (Å²) in [7, 11) is 0. The van der Waals surface area contributed by atoms with Crippen molar-refractivity contribution >= 4 is 11.8 Å². The molecule has 0 spiro atoms. The highest BCUT2D eigenvalue weighted by Gasteiger charge is 2.14. The number of thioether (sulfide) groups is 1. The van der Waals surface area contributed by atoms with E-state index in [1.807, 2.05) is 0 Å². The van der Waals surface area contributed by atoms with E-state index in [1.54, 1.807) is 0 Å². The van der Waals surface area contributed by atoms with E-state index in [9.17, 15) is 0 Å². The maximum atomic E-state index is 6.21. The molecule has 1 aliphatic rings. The molecule has 0 amide bonds. The normalized spacial score (nSPS) is 17.7. The molecule has 132 valence electrons. The lowest BCUT2D eigenvalue weighted by Crippen LogP contribution is -2.39. The molecular formula is C18H37NO2S. The Balaban J connectivity index is 2.13. The first-order valence-electron chi connectivity index (χ1n) is 9.36. The molecule has 22 heavy (non-hydrogen) atoms. The molecule has 4 heteroatoms. The second-order valence-electron chi connectivity index (χ2n) is 6.28. The van der Waals surface area contributed by atoms with Crippen LogP contribution < -0.4 is 0 Å². The van der Waals surface area contributed by atoms with E-state index in [-0.39, 0.29) is 0 Å². The van der Waals surface area contributed by atoms with Crippen molar-refractivity contribution in [1.29, 1.82) is 0 Å². The van der Waals surface area contributed by atoms with Gasteiger partial charge in [-0.05, 0) is 18.6 Å². The Morgan fingerprint density at radius 2 is 1.73 bits per heavy atom. The summed E-state index contributed by atoms with van der Waals surface area (Å²) in [6, 6.07) is 0. The Kier molecular flexibility index (Phi) is 13.6. The summed E-state index contributed by atoms with van der Waals surface area (Å²) in [4.78, 5) is 2.38. The van der Waals surface area contributed by atoms with Crippen LogP contribution in [0.3, 0.4) is 0 Å². The molecule has 1 saturated heterocycles. The molecular weight excluding hydrogens is 294 g/mol. The molecule has 1 aliphatic heterocycles. The van der Waals surface area contributed by atoms with Crippen molar-refractivity contribution in [2.45, 2.75) is 71.3 Å². The van der Waals surface area contributed by atoms with Crippen LogP contribution in [0.4, 0.5) is 0 Å². The molecule has 3 nitrogen and oxygen atoms in total. The number of ether oxygens (including phenoxy) is 2. The van der Waals surface area contributed by atoms with Crippen LogP contribution in [0.2, 0.25) is 0 Å². The van der Waals surface area contributed by atoms with Crippen LogP contribution in [0.1, 0.15) is 65.2 Å². The smallest absolute Gasteiger partial charge is 0.0995 e. The molecule has 1 heterocycles. The van der Waals surface area contributed by atoms with Crippen molar-refractivity contribution in [3.8, 4) is 0 Å². The predicted octanol–water partition coefficient (Wildman–Crippen LogP) is 4.56. The van der Waals surface area contributed by atoms with E-state index in [0.717, 1.165) is 33.0 Å². The summed E-state index contributed by atoms with van der Waals surface area (Å²) >= 11 is 2.09. The molecule has 0 radical (unpaired) electrons. The Morgan fingerprint density at radius 3 is 2.45 bits per heavy atom. The van der Waals surface area contributed by atoms with Gasteiger partial charge in [-0.25, -0.2) is 0 Å². The molecule has 0 aromatic rings. The lowest BCUT2D eigenvalue weighted by Gasteiger charge is -2.28. The number of hydrogen-bond donors (Lipinski definition) is 0. The van der Waals surface area contributed by atoms with Gasteiger partial charge in [0.1, 0.15) is 0 Å². The van der Waals surface area contributed by atoms with E-state index in [0.29, 0.717) is 6.10 Å². The van der Waals surface area contributed by atoms with Crippen LogP contribution in [-0.4, -0.2) is 55.5 Å². The number of rotatable bonds is 14. The Bertz CT molecular complexity index is 235. The van der Waals surface area contributed by atoms with Gasteiger partial charge in [-0.2, -0.15) is 11.8 Å². The predicted molar refractivity (Wildman–Crippen MR) is 97.7 cm³/mol. The Morgan fingerprint density at radius 1 is 1.00 bits per heavy atom. The van der Waals surface area contributed by atoms with E-state index in [1.165, 1.54) is 62.9 Å². The van der Waals surface area contributed by atoms with Gasteiger partial charge in [0.05, 0.1) is 26.0 Å². The van der Waals surface area contributed by atoms with E-state index in [2.05, 4.69) is 30.5 Å². The summed E-state index contributed by atoms with van der Waals surface area (Å²) in [5.74, 6) is 2.46. The lowest BCUT2D eigenvalue weighted by molar-refractivity contribution is -0.0566. The molecule has 0 aliphatic carbocycles. The minimum absolute atomic E-state index is 0.436. The average molecular weight is 332 g/mol. The monoisotopic (exact) mass is 331 g/mol. The van der Waals surface area contributed by atoms with Gasteiger partial charge in [0.25, 0.3) is 0 Å². The second-order valence-corrected chi connectivity index (χ2v) is 7.43. The highest BCUT2D eigenvalue weighted by atomic mass is 32.2. The van der Waals surface area contributed by atoms with Crippen LogP contribution in [0.15, 0.2) is 0 Å². The van der Waals surface area contributed by atoms with Crippen molar-refractivity contribution in [3.05, 3.63) is 0 Å². The third-order valence-electron chi connectivity index (χ3n) is 4.17. The largest absolute Gasteiger partial charge is 0.379 e. The van der Waals surface area contributed by atoms with E-state index >= 15 is 0 Å². The van der Waals surface area contributed by atoms with Gasteiger partial charge in [0.15, 0.2) is 0 Å². The summed E-state index contributed by atoms with van der Waals surface area (Å²) in [5.41, 5.74) is 0. The third-order valence-corrected chi connectivity index (χ3v) is 5.36. The number of unbranched alkanes of at least 4 members (excludes halogenated alkanes) is 5. The first kappa shape index (κ1) is 20.3. The fraction of sp³-hybridized carbons (Fsp3) is 1.00. The van der Waals surface area contributed by atoms with Gasteiger partial charge in [-0.15, -0.1) is 0 Å². The van der Waals surface area contributed by atoms with Gasteiger partial charge >= 0.3 is 0 Å². The lowest BCUT2D eigenvalue weighted by atomic mass is 10.1. The summed E-state index contributed by atoms with van der Waals surface area (Å²) in [5, 5.41) is 0. The number of morpholine rings is 1. The molecule has 1 unspecified atom stereocenters. The fourth-order valence-electron chi connectivity index (χ4n) is 2.62. The zero-order valence-electron chi connectivity index (χ0n) is 14.9. The zero-order valence-corrected chi connectivity index (χ0v) is 15.7. The Hall–Kier alpha value is 0.230. The van der Waals surface area contributed by atoms with Crippen LogP contribution in [-0.2, 0) is 9.47 Å². The van der Waals surface area contributed by atoms with Crippen molar-refractivity contribution in [2.75, 3.05) is 44.5 Å². The van der Waals surface area contributed by atoms with E-state index < -0.39 is 0 Å². The second kappa shape index (κ2) is 14.8. The van der Waals surface area contributed by atoms with Crippen LogP contribution >= 0.6 is 11.8 Å². The van der Waals surface area contributed by atoms with Crippen LogP contribution in [0.5, 0.6) is 0 Å². The molecule has 1 atom stereocenters. The van der Waals surface area contributed by atoms with Gasteiger partial charge < -0.3 is 9.47 Å². The summed E-state index contributed by atoms with van der Waals surface area (Å²) < 4.78 is 11.6. The molecule has 0 saturated carbocycles. The number of nitrogens with zero attached hydrogens (tertiary/aromatic N) is 1. The highest BCUT2D eigenvalue weighted by Crippen LogP contribution is 2.16.